The normalized spacial score (nSPS) is 11.3. The van der Waals surface area contributed by atoms with Crippen molar-refractivity contribution >= 4 is 11.7 Å². The fourth-order valence-electron chi connectivity index (χ4n) is 2.31. The average Bonchev–Trinajstić information content (AvgIpc) is 2.71. The van der Waals surface area contributed by atoms with Gasteiger partial charge in [0, 0.05) is 12.1 Å². The third kappa shape index (κ3) is 4.21. The first-order valence-electron chi connectivity index (χ1n) is 7.66. The Balaban J connectivity index is 2.32. The van der Waals surface area contributed by atoms with Gasteiger partial charge >= 0.3 is 11.7 Å². The van der Waals surface area contributed by atoms with Gasteiger partial charge in [-0.15, -0.1) is 0 Å². The summed E-state index contributed by atoms with van der Waals surface area (Å²) >= 11 is 0. The molecule has 0 aliphatic heterocycles. The van der Waals surface area contributed by atoms with Gasteiger partial charge in [-0.25, -0.2) is 9.36 Å². The lowest BCUT2D eigenvalue weighted by atomic mass is 10.2. The van der Waals surface area contributed by atoms with Crippen LogP contribution in [0.25, 0.3) is 0 Å². The van der Waals surface area contributed by atoms with E-state index in [9.17, 15) is 29.9 Å². The summed E-state index contributed by atoms with van der Waals surface area (Å²) in [6, 6.07) is 5.50. The van der Waals surface area contributed by atoms with Crippen molar-refractivity contribution in [1.82, 2.24) is 9.13 Å². The molecule has 2 N–H and O–H groups in total. The lowest BCUT2D eigenvalue weighted by molar-refractivity contribution is -0.384. The number of imidazole rings is 1. The molecule has 0 fully saturated rings. The van der Waals surface area contributed by atoms with Crippen LogP contribution in [-0.2, 0) is 22.6 Å². The molecule has 0 bridgehead atoms. The molecule has 1 heterocycles. The smallest absolute Gasteiger partial charge is 0.334 e. The Labute approximate surface area is 148 Å². The van der Waals surface area contributed by atoms with Crippen molar-refractivity contribution in [2.75, 3.05) is 0 Å². The third-order valence-corrected chi connectivity index (χ3v) is 3.34. The van der Waals surface area contributed by atoms with Gasteiger partial charge in [0.25, 0.3) is 17.4 Å². The minimum absolute atomic E-state index is 0.174. The maximum absolute atomic E-state index is 12.4. The topological polar surface area (TPSA) is 137 Å². The molecule has 10 heteroatoms. The molecular weight excluding hydrogens is 346 g/mol. The van der Waals surface area contributed by atoms with E-state index >= 15 is 0 Å². The minimum atomic E-state index is -0.850. The van der Waals surface area contributed by atoms with Gasteiger partial charge < -0.3 is 14.9 Å². The molecule has 0 saturated carbocycles. The van der Waals surface area contributed by atoms with Crippen molar-refractivity contribution in [1.29, 1.82) is 0 Å². The average molecular weight is 365 g/mol. The number of nitrogens with zero attached hydrogens (tertiary/aromatic N) is 3. The van der Waals surface area contributed by atoms with E-state index in [0.29, 0.717) is 10.1 Å². The second-order valence-electron chi connectivity index (χ2n) is 6.62. The van der Waals surface area contributed by atoms with Gasteiger partial charge in [-0.3, -0.25) is 19.5 Å². The molecular formula is C16H19N3O7. The predicted molar refractivity (Wildman–Crippen MR) is 90.1 cm³/mol. The third-order valence-electron chi connectivity index (χ3n) is 3.34. The van der Waals surface area contributed by atoms with Crippen LogP contribution in [0.4, 0.5) is 5.69 Å². The van der Waals surface area contributed by atoms with Crippen LogP contribution < -0.4 is 5.69 Å². The highest BCUT2D eigenvalue weighted by Crippen LogP contribution is 2.24. The fourth-order valence-corrected chi connectivity index (χ4v) is 2.31. The summed E-state index contributed by atoms with van der Waals surface area (Å²) in [5.74, 6) is -2.29. The monoisotopic (exact) mass is 365 g/mol. The minimum Gasteiger partial charge on any atom is -0.491 e. The molecule has 0 amide bonds. The highest BCUT2D eigenvalue weighted by molar-refractivity contribution is 5.70. The van der Waals surface area contributed by atoms with E-state index in [4.69, 9.17) is 4.74 Å². The van der Waals surface area contributed by atoms with Gasteiger partial charge in [0.2, 0.25) is 0 Å². The number of carbonyl (C=O) groups excluding carboxylic acids is 1. The molecule has 0 spiro atoms. The van der Waals surface area contributed by atoms with E-state index < -0.39 is 40.5 Å². The second kappa shape index (κ2) is 6.90. The van der Waals surface area contributed by atoms with Crippen LogP contribution in [0.15, 0.2) is 29.1 Å². The lowest BCUT2D eigenvalue weighted by Gasteiger charge is -2.19. The van der Waals surface area contributed by atoms with Gasteiger partial charge in [-0.1, -0.05) is 12.1 Å². The van der Waals surface area contributed by atoms with Gasteiger partial charge in [0.15, 0.2) is 0 Å². The second-order valence-corrected chi connectivity index (χ2v) is 6.62. The van der Waals surface area contributed by atoms with Crippen LogP contribution in [0, 0.1) is 10.1 Å². The quantitative estimate of drug-likeness (QED) is 0.463. The number of ether oxygens (including phenoxy) is 1. The Kier molecular flexibility index (Phi) is 5.05. The summed E-state index contributed by atoms with van der Waals surface area (Å²) in [6.07, 6.45) is 0. The van der Waals surface area contributed by atoms with Crippen LogP contribution in [0.2, 0.25) is 0 Å². The number of rotatable bonds is 5. The van der Waals surface area contributed by atoms with Crippen LogP contribution in [0.1, 0.15) is 26.3 Å². The summed E-state index contributed by atoms with van der Waals surface area (Å²) in [5, 5.41) is 30.8. The largest absolute Gasteiger partial charge is 0.491 e. The van der Waals surface area contributed by atoms with Crippen LogP contribution in [0.3, 0.4) is 0 Å². The highest BCUT2D eigenvalue weighted by Gasteiger charge is 2.24. The van der Waals surface area contributed by atoms with E-state index in [0.717, 1.165) is 4.57 Å². The molecule has 1 aromatic heterocycles. The SMILES string of the molecule is CC(C)(C)OC(=O)Cn1c(O)c(O)n(Cc2cccc([N+](=O)[O-])c2)c1=O. The van der Waals surface area contributed by atoms with Crippen molar-refractivity contribution in [3.8, 4) is 11.8 Å². The number of non-ortho nitro benzene ring substituents is 1. The molecule has 0 atom stereocenters. The van der Waals surface area contributed by atoms with E-state index in [1.54, 1.807) is 20.8 Å². The van der Waals surface area contributed by atoms with Crippen molar-refractivity contribution < 1.29 is 24.7 Å². The van der Waals surface area contributed by atoms with E-state index in [1.165, 1.54) is 24.3 Å². The number of aromatic nitrogens is 2. The highest BCUT2D eigenvalue weighted by atomic mass is 16.6. The van der Waals surface area contributed by atoms with Crippen LogP contribution >= 0.6 is 0 Å². The molecule has 2 rings (SSSR count). The molecule has 10 nitrogen and oxygen atoms in total. The zero-order valence-corrected chi connectivity index (χ0v) is 14.5. The van der Waals surface area contributed by atoms with E-state index in [-0.39, 0.29) is 12.2 Å². The molecule has 26 heavy (non-hydrogen) atoms. The van der Waals surface area contributed by atoms with Crippen molar-refractivity contribution in [2.24, 2.45) is 0 Å². The Hall–Kier alpha value is -3.30. The first-order valence-corrected chi connectivity index (χ1v) is 7.66. The predicted octanol–water partition coefficient (Wildman–Crippen LogP) is 1.36. The Morgan fingerprint density at radius 3 is 2.42 bits per heavy atom. The zero-order chi connectivity index (χ0) is 19.6. The van der Waals surface area contributed by atoms with Gasteiger partial charge in [-0.05, 0) is 26.3 Å². The first-order chi connectivity index (χ1) is 12.0. The van der Waals surface area contributed by atoms with Gasteiger partial charge in [0.1, 0.15) is 12.1 Å². The molecule has 0 aliphatic rings. The zero-order valence-electron chi connectivity index (χ0n) is 14.5. The number of hydrogen-bond acceptors (Lipinski definition) is 7. The van der Waals surface area contributed by atoms with Crippen LogP contribution in [0.5, 0.6) is 11.8 Å². The molecule has 0 aliphatic carbocycles. The number of esters is 1. The van der Waals surface area contributed by atoms with E-state index in [2.05, 4.69) is 0 Å². The summed E-state index contributed by atoms with van der Waals surface area (Å²) in [6.45, 7) is 4.15. The molecule has 0 saturated heterocycles. The molecule has 0 radical (unpaired) electrons. The summed E-state index contributed by atoms with van der Waals surface area (Å²) in [7, 11) is 0. The standard InChI is InChI=1S/C16H19N3O7/c1-16(2,3)26-12(20)9-18-14(22)13(21)17(15(18)23)8-10-5-4-6-11(7-10)19(24)25/h4-7,21-22H,8-9H2,1-3H3. The number of hydrogen-bond donors (Lipinski definition) is 2. The number of carbonyl (C=O) groups is 1. The first kappa shape index (κ1) is 19.0. The summed E-state index contributed by atoms with van der Waals surface area (Å²) in [4.78, 5) is 34.5. The molecule has 0 unspecified atom stereocenters. The van der Waals surface area contributed by atoms with Crippen molar-refractivity contribution in [3.05, 3.63) is 50.4 Å². The Morgan fingerprint density at radius 1 is 1.23 bits per heavy atom. The van der Waals surface area contributed by atoms with Crippen molar-refractivity contribution in [2.45, 2.75) is 39.5 Å². The van der Waals surface area contributed by atoms with Gasteiger partial charge in [0.05, 0.1) is 11.5 Å². The fraction of sp³-hybridized carbons (Fsp3) is 0.375. The number of benzene rings is 1. The summed E-state index contributed by atoms with van der Waals surface area (Å²) < 4.78 is 6.56. The van der Waals surface area contributed by atoms with Gasteiger partial charge in [-0.2, -0.15) is 0 Å². The maximum Gasteiger partial charge on any atom is 0.334 e. The Bertz CT molecular complexity index is 906. The van der Waals surface area contributed by atoms with Crippen LogP contribution in [-0.4, -0.2) is 35.8 Å². The molecule has 2 aromatic rings. The number of nitro benzene ring substituents is 1. The van der Waals surface area contributed by atoms with E-state index in [1.807, 2.05) is 0 Å². The maximum atomic E-state index is 12.4. The Morgan fingerprint density at radius 2 is 1.85 bits per heavy atom. The number of nitro groups is 1. The van der Waals surface area contributed by atoms with Crippen molar-refractivity contribution in [3.63, 3.8) is 0 Å². The molecule has 140 valence electrons. The molecule has 1 aromatic carbocycles. The number of aromatic hydroxyl groups is 2. The lowest BCUT2D eigenvalue weighted by Crippen LogP contribution is -2.31. The summed E-state index contributed by atoms with van der Waals surface area (Å²) in [5.41, 5.74) is -1.43.